The molecule has 0 fully saturated rings. The Morgan fingerprint density at radius 2 is 1.79 bits per heavy atom. The number of Topliss-reactive ketones (excluding diaryl/α,β-unsaturated/α-hetero) is 1. The lowest BCUT2D eigenvalue weighted by atomic mass is 9.73. The number of amidine groups is 1. The lowest BCUT2D eigenvalue weighted by molar-refractivity contribution is -0.384. The number of carbonyl (C=O) groups excluding carboxylic acids is 1. The number of anilines is 1. The van der Waals surface area contributed by atoms with Crippen LogP contribution >= 0.6 is 11.6 Å². The van der Waals surface area contributed by atoms with Gasteiger partial charge in [-0.05, 0) is 43.9 Å². The van der Waals surface area contributed by atoms with Crippen molar-refractivity contribution in [2.24, 2.45) is 0 Å². The number of carbonyl (C=O) groups is 1. The Morgan fingerprint density at radius 3 is 2.47 bits per heavy atom. The Kier molecular flexibility index (Phi) is 6.63. The van der Waals surface area contributed by atoms with Crippen molar-refractivity contribution in [1.82, 2.24) is 0 Å². The lowest BCUT2D eigenvalue weighted by Gasteiger charge is -2.42. The van der Waals surface area contributed by atoms with Gasteiger partial charge in [-0.1, -0.05) is 65.7 Å². The van der Waals surface area contributed by atoms with Crippen molar-refractivity contribution in [1.29, 1.82) is 5.41 Å². The Labute approximate surface area is 225 Å². The molecule has 2 N–H and O–H groups in total. The minimum absolute atomic E-state index is 0.0509. The third kappa shape index (κ3) is 4.29. The van der Waals surface area contributed by atoms with Crippen LogP contribution in [0.15, 0.2) is 83.6 Å². The minimum atomic E-state index is -0.768. The molecule has 1 unspecified atom stereocenters. The van der Waals surface area contributed by atoms with E-state index in [1.165, 1.54) is 12.1 Å². The number of aliphatic hydroxyl groups is 1. The van der Waals surface area contributed by atoms with Gasteiger partial charge < -0.3 is 5.11 Å². The maximum absolute atomic E-state index is 13.6. The number of ketones is 1. The normalized spacial score (nSPS) is 18.9. The molecule has 0 amide bonds. The van der Waals surface area contributed by atoms with E-state index in [9.17, 15) is 25.4 Å². The summed E-state index contributed by atoms with van der Waals surface area (Å²) in [6, 6.07) is 18.9. The second-order valence-corrected chi connectivity index (χ2v) is 10.0. The first kappa shape index (κ1) is 25.4. The van der Waals surface area contributed by atoms with Crippen molar-refractivity contribution in [3.05, 3.63) is 121 Å². The number of nitro groups is 1. The number of nitrogens with one attached hydrogen (secondary N) is 1. The molecule has 0 saturated carbocycles. The Morgan fingerprint density at radius 1 is 1.08 bits per heavy atom. The monoisotopic (exact) mass is 527 g/mol. The van der Waals surface area contributed by atoms with Gasteiger partial charge in [0.2, 0.25) is 0 Å². The molecule has 0 saturated heterocycles. The SMILES string of the molecule is Cc1ccc(/C(O)=C2\C(=N)N(c3cc([N+](=O)[O-])ccc3C)C3=C(C(=O)CCC3)C2c2ccccc2Cl)cc1. The number of rotatable bonds is 4. The third-order valence-electron chi connectivity index (χ3n) is 7.20. The van der Waals surface area contributed by atoms with E-state index < -0.39 is 10.8 Å². The zero-order valence-corrected chi connectivity index (χ0v) is 21.7. The highest BCUT2D eigenvalue weighted by atomic mass is 35.5. The fourth-order valence-corrected chi connectivity index (χ4v) is 5.54. The number of allylic oxidation sites excluding steroid dienone is 2. The summed E-state index contributed by atoms with van der Waals surface area (Å²) in [6.45, 7) is 3.74. The van der Waals surface area contributed by atoms with Gasteiger partial charge in [-0.25, -0.2) is 0 Å². The Bertz CT molecular complexity index is 1560. The molecule has 0 bridgehead atoms. The van der Waals surface area contributed by atoms with Crippen LogP contribution in [0.2, 0.25) is 5.02 Å². The standard InChI is InChI=1S/C30H26ClN3O4/c1-17-10-13-19(14-11-17)29(36)28-26(21-6-3-4-7-22(21)31)27-23(8-5-9-25(27)35)33(30(28)32)24-16-20(34(37)38)15-12-18(24)2/h3-4,6-7,10-16,26,32,36H,5,8-9H2,1-2H3/b29-28+,32-30?. The van der Waals surface area contributed by atoms with Crippen molar-refractivity contribution in [3.63, 3.8) is 0 Å². The summed E-state index contributed by atoms with van der Waals surface area (Å²) in [4.78, 5) is 26.4. The highest BCUT2D eigenvalue weighted by Crippen LogP contribution is 2.49. The molecule has 0 aromatic heterocycles. The zero-order valence-electron chi connectivity index (χ0n) is 21.0. The molecule has 8 heteroatoms. The van der Waals surface area contributed by atoms with E-state index in [-0.39, 0.29) is 28.6 Å². The maximum atomic E-state index is 13.6. The van der Waals surface area contributed by atoms with E-state index in [1.54, 1.807) is 42.2 Å². The molecule has 0 radical (unpaired) electrons. The minimum Gasteiger partial charge on any atom is -0.507 e. The van der Waals surface area contributed by atoms with Crippen LogP contribution in [0.3, 0.4) is 0 Å². The van der Waals surface area contributed by atoms with Crippen LogP contribution in [-0.4, -0.2) is 21.6 Å². The number of hydrogen-bond acceptors (Lipinski definition) is 5. The first-order valence-corrected chi connectivity index (χ1v) is 12.7. The predicted octanol–water partition coefficient (Wildman–Crippen LogP) is 7.42. The van der Waals surface area contributed by atoms with Crippen LogP contribution in [0.1, 0.15) is 47.4 Å². The number of aryl methyl sites for hydroxylation is 2. The van der Waals surface area contributed by atoms with Gasteiger partial charge in [0.05, 0.1) is 10.6 Å². The largest absolute Gasteiger partial charge is 0.507 e. The first-order valence-electron chi connectivity index (χ1n) is 12.3. The summed E-state index contributed by atoms with van der Waals surface area (Å²) < 4.78 is 0. The summed E-state index contributed by atoms with van der Waals surface area (Å²) in [6.07, 6.45) is 1.42. The second kappa shape index (κ2) is 9.91. The molecule has 1 aliphatic carbocycles. The van der Waals surface area contributed by atoms with Crippen LogP contribution in [0, 0.1) is 29.4 Å². The first-order chi connectivity index (χ1) is 18.2. The number of hydrogen-bond donors (Lipinski definition) is 2. The topological polar surface area (TPSA) is 108 Å². The number of nitro benzene ring substituents is 1. The third-order valence-corrected chi connectivity index (χ3v) is 7.54. The van der Waals surface area contributed by atoms with Crippen LogP contribution < -0.4 is 4.90 Å². The lowest BCUT2D eigenvalue weighted by Crippen LogP contribution is -2.42. The average molecular weight is 528 g/mol. The molecular formula is C30H26ClN3O4. The molecule has 1 aliphatic heterocycles. The van der Waals surface area contributed by atoms with Gasteiger partial charge in [-0.15, -0.1) is 0 Å². The number of non-ortho nitro benzene ring substituents is 1. The van der Waals surface area contributed by atoms with Gasteiger partial charge in [0.25, 0.3) is 5.69 Å². The van der Waals surface area contributed by atoms with Crippen LogP contribution in [-0.2, 0) is 4.79 Å². The number of halogens is 1. The van der Waals surface area contributed by atoms with Crippen molar-refractivity contribution in [3.8, 4) is 0 Å². The zero-order chi connectivity index (χ0) is 27.1. The average Bonchev–Trinajstić information content (AvgIpc) is 2.89. The van der Waals surface area contributed by atoms with E-state index in [0.29, 0.717) is 57.9 Å². The molecule has 0 spiro atoms. The van der Waals surface area contributed by atoms with Gasteiger partial charge in [-0.2, -0.15) is 0 Å². The summed E-state index contributed by atoms with van der Waals surface area (Å²) in [5, 5.41) is 33.2. The molecule has 192 valence electrons. The van der Waals surface area contributed by atoms with Crippen molar-refractivity contribution >= 4 is 40.4 Å². The van der Waals surface area contributed by atoms with E-state index in [4.69, 9.17) is 11.6 Å². The fourth-order valence-electron chi connectivity index (χ4n) is 5.30. The Hall–Kier alpha value is -4.23. The molecule has 2 aliphatic rings. The smallest absolute Gasteiger partial charge is 0.271 e. The van der Waals surface area contributed by atoms with E-state index in [1.807, 2.05) is 31.2 Å². The summed E-state index contributed by atoms with van der Waals surface area (Å²) in [5.41, 5.74) is 4.43. The van der Waals surface area contributed by atoms with Gasteiger partial charge in [0, 0.05) is 51.9 Å². The van der Waals surface area contributed by atoms with Gasteiger partial charge in [-0.3, -0.25) is 25.2 Å². The van der Waals surface area contributed by atoms with Crippen LogP contribution in [0.5, 0.6) is 0 Å². The molecule has 1 atom stereocenters. The molecule has 3 aromatic rings. The van der Waals surface area contributed by atoms with Crippen molar-refractivity contribution < 1.29 is 14.8 Å². The highest BCUT2D eigenvalue weighted by Gasteiger charge is 2.44. The van der Waals surface area contributed by atoms with Gasteiger partial charge in [0.15, 0.2) is 5.78 Å². The van der Waals surface area contributed by atoms with Crippen molar-refractivity contribution in [2.75, 3.05) is 4.90 Å². The van der Waals surface area contributed by atoms with Gasteiger partial charge >= 0.3 is 0 Å². The van der Waals surface area contributed by atoms with E-state index in [0.717, 1.165) is 5.56 Å². The summed E-state index contributed by atoms with van der Waals surface area (Å²) >= 11 is 6.66. The summed E-state index contributed by atoms with van der Waals surface area (Å²) in [7, 11) is 0. The molecule has 7 nitrogen and oxygen atoms in total. The highest BCUT2D eigenvalue weighted by molar-refractivity contribution is 6.32. The van der Waals surface area contributed by atoms with Crippen molar-refractivity contribution in [2.45, 2.75) is 39.0 Å². The number of aliphatic hydroxyl groups excluding tert-OH is 1. The number of nitrogens with zero attached hydrogens (tertiary/aromatic N) is 2. The number of benzene rings is 3. The molecule has 5 rings (SSSR count). The van der Waals surface area contributed by atoms with Crippen LogP contribution in [0.25, 0.3) is 5.76 Å². The van der Waals surface area contributed by atoms with E-state index >= 15 is 0 Å². The van der Waals surface area contributed by atoms with Gasteiger partial charge in [0.1, 0.15) is 11.6 Å². The second-order valence-electron chi connectivity index (χ2n) is 9.63. The fraction of sp³-hybridized carbons (Fsp3) is 0.200. The molecule has 3 aromatic carbocycles. The molecule has 1 heterocycles. The maximum Gasteiger partial charge on any atom is 0.271 e. The Balaban J connectivity index is 1.87. The predicted molar refractivity (Wildman–Crippen MR) is 149 cm³/mol. The quantitative estimate of drug-likeness (QED) is 0.208. The molecular weight excluding hydrogens is 502 g/mol. The van der Waals surface area contributed by atoms with E-state index in [2.05, 4.69) is 0 Å². The molecule has 38 heavy (non-hydrogen) atoms. The summed E-state index contributed by atoms with van der Waals surface area (Å²) in [5.74, 6) is -1.05. The van der Waals surface area contributed by atoms with Crippen LogP contribution in [0.4, 0.5) is 11.4 Å².